The summed E-state index contributed by atoms with van der Waals surface area (Å²) in [5.74, 6) is -1.57. The molecule has 0 aliphatic heterocycles. The number of nitrogens with zero attached hydrogens (tertiary/aromatic N) is 4. The fourth-order valence-electron chi connectivity index (χ4n) is 4.38. The molecule has 3 unspecified atom stereocenters. The van der Waals surface area contributed by atoms with Crippen LogP contribution in [-0.2, 0) is 4.79 Å². The van der Waals surface area contributed by atoms with Crippen molar-refractivity contribution < 1.29 is 27.8 Å². The maximum atomic E-state index is 14.3. The monoisotopic (exact) mass is 586 g/mol. The largest absolute Gasteiger partial charge is 0.480 e. The molecule has 2 aromatic heterocycles. The number of hydrogen-bond acceptors (Lipinski definition) is 7. The number of allylic oxidation sites excluding steroid dienone is 2. The molecule has 1 aliphatic carbocycles. The molecule has 2 heterocycles. The van der Waals surface area contributed by atoms with Gasteiger partial charge in [-0.25, -0.2) is 9.67 Å². The Bertz CT molecular complexity index is 1370. The third-order valence-electron chi connectivity index (χ3n) is 6.25. The van der Waals surface area contributed by atoms with Crippen LogP contribution in [-0.4, -0.2) is 43.0 Å². The molecule has 9 nitrogen and oxygen atoms in total. The number of aromatic nitrogens is 4. The fourth-order valence-corrected chi connectivity index (χ4v) is 4.54. The van der Waals surface area contributed by atoms with Gasteiger partial charge in [-0.2, -0.15) is 23.3 Å². The molecule has 0 saturated heterocycles. The van der Waals surface area contributed by atoms with Crippen molar-refractivity contribution in [3.63, 3.8) is 0 Å². The highest BCUT2D eigenvalue weighted by Crippen LogP contribution is 2.40. The van der Waals surface area contributed by atoms with Crippen LogP contribution in [0, 0.1) is 12.8 Å². The lowest BCUT2D eigenvalue weighted by Gasteiger charge is -2.25. The summed E-state index contributed by atoms with van der Waals surface area (Å²) >= 11 is 6.09. The van der Waals surface area contributed by atoms with Gasteiger partial charge in [-0.1, -0.05) is 23.7 Å². The summed E-state index contributed by atoms with van der Waals surface area (Å²) in [6.45, 7) is 1.71. The zero-order valence-corrected chi connectivity index (χ0v) is 22.3. The van der Waals surface area contributed by atoms with E-state index in [4.69, 9.17) is 32.9 Å². The van der Waals surface area contributed by atoms with E-state index in [2.05, 4.69) is 15.1 Å². The molecule has 0 amide bonds. The number of carboxylic acids is 1. The molecule has 14 heteroatoms. The second-order valence-corrected chi connectivity index (χ2v) is 9.58. The van der Waals surface area contributed by atoms with Crippen LogP contribution in [0.1, 0.15) is 48.7 Å². The second-order valence-electron chi connectivity index (χ2n) is 9.14. The highest BCUT2D eigenvalue weighted by Gasteiger charge is 2.45. The number of halogens is 5. The summed E-state index contributed by atoms with van der Waals surface area (Å²) in [6.07, 6.45) is -1.76. The maximum absolute atomic E-state index is 14.3. The Morgan fingerprint density at radius 2 is 2.03 bits per heavy atom. The molecule has 4 rings (SSSR count). The van der Waals surface area contributed by atoms with Crippen molar-refractivity contribution >= 4 is 41.5 Å². The molecule has 3 atom stereocenters. The van der Waals surface area contributed by atoms with E-state index >= 15 is 0 Å². The molecular formula is C25H27Cl2F3N6O3. The molecule has 1 aromatic carbocycles. The lowest BCUT2D eigenvalue weighted by Crippen LogP contribution is -2.32. The van der Waals surface area contributed by atoms with Crippen LogP contribution < -0.4 is 16.2 Å². The Morgan fingerprint density at radius 1 is 1.28 bits per heavy atom. The van der Waals surface area contributed by atoms with E-state index < -0.39 is 24.3 Å². The number of carboxylic acid groups (broad SMARTS) is 1. The molecule has 0 spiro atoms. The van der Waals surface area contributed by atoms with Crippen LogP contribution in [0.4, 0.5) is 19.1 Å². The van der Waals surface area contributed by atoms with Gasteiger partial charge in [0.05, 0.1) is 17.1 Å². The molecule has 0 radical (unpaired) electrons. The van der Waals surface area contributed by atoms with Crippen molar-refractivity contribution in [3.05, 3.63) is 64.6 Å². The maximum Gasteiger partial charge on any atom is 0.429 e. The van der Waals surface area contributed by atoms with Crippen molar-refractivity contribution in [2.45, 2.75) is 50.9 Å². The number of ether oxygens (including phenoxy) is 1. The van der Waals surface area contributed by atoms with Gasteiger partial charge in [0.1, 0.15) is 6.04 Å². The SMILES string of the molecule is Cc1ccn(-c2cc(Cl)ccc2C(Oc2cc(C3=CCC(CC(N)C(=O)O)CC3)nc(N)n2)C(F)(F)F)n1.Cl. The molecule has 3 aromatic rings. The van der Waals surface area contributed by atoms with E-state index in [0.717, 1.165) is 5.57 Å². The minimum atomic E-state index is -4.81. The standard InChI is InChI=1S/C25H26ClF3N6O3.ClH/c1-13-8-9-35(34-13)20-11-16(26)6-7-17(20)22(25(27,28)29)38-21-12-19(32-24(31)33-21)15-4-2-14(3-5-15)10-18(30)23(36)37;/h4,6-9,11-12,14,18,22H,2-3,5,10,30H2,1H3,(H,36,37)(H2,31,32,33);1H. The number of aliphatic carboxylic acids is 1. The van der Waals surface area contributed by atoms with Gasteiger partial charge in [-0.15, -0.1) is 12.4 Å². The van der Waals surface area contributed by atoms with Crippen LogP contribution in [0.3, 0.4) is 0 Å². The molecule has 39 heavy (non-hydrogen) atoms. The van der Waals surface area contributed by atoms with Crippen LogP contribution in [0.2, 0.25) is 5.02 Å². The third kappa shape index (κ3) is 7.40. The van der Waals surface area contributed by atoms with Gasteiger partial charge in [0.15, 0.2) is 0 Å². The number of anilines is 1. The second kappa shape index (κ2) is 12.2. The van der Waals surface area contributed by atoms with E-state index in [1.807, 2.05) is 6.08 Å². The first-order valence-corrected chi connectivity index (χ1v) is 12.2. The first-order valence-electron chi connectivity index (χ1n) is 11.8. The van der Waals surface area contributed by atoms with Gasteiger partial charge >= 0.3 is 12.1 Å². The van der Waals surface area contributed by atoms with Crippen LogP contribution >= 0.6 is 24.0 Å². The van der Waals surface area contributed by atoms with Gasteiger partial charge in [0.2, 0.25) is 17.9 Å². The highest BCUT2D eigenvalue weighted by molar-refractivity contribution is 6.30. The van der Waals surface area contributed by atoms with E-state index in [9.17, 15) is 18.0 Å². The topological polar surface area (TPSA) is 142 Å². The number of aryl methyl sites for hydroxylation is 1. The van der Waals surface area contributed by atoms with Crippen molar-refractivity contribution in [1.29, 1.82) is 0 Å². The first-order chi connectivity index (χ1) is 17.9. The zero-order valence-electron chi connectivity index (χ0n) is 20.7. The number of hydrogen-bond donors (Lipinski definition) is 3. The molecule has 0 saturated carbocycles. The minimum Gasteiger partial charge on any atom is -0.480 e. The molecule has 1 aliphatic rings. The normalized spacial score (nSPS) is 17.1. The third-order valence-corrected chi connectivity index (χ3v) is 6.49. The van der Waals surface area contributed by atoms with Crippen molar-refractivity contribution in [1.82, 2.24) is 19.7 Å². The lowest BCUT2D eigenvalue weighted by atomic mass is 9.84. The Hall–Kier alpha value is -3.35. The predicted molar refractivity (Wildman–Crippen MR) is 142 cm³/mol. The van der Waals surface area contributed by atoms with Crippen LogP contribution in [0.15, 0.2) is 42.6 Å². The summed E-state index contributed by atoms with van der Waals surface area (Å²) in [4.78, 5) is 19.1. The summed E-state index contributed by atoms with van der Waals surface area (Å²) in [7, 11) is 0. The van der Waals surface area contributed by atoms with Gasteiger partial charge < -0.3 is 21.3 Å². The Kier molecular flexibility index (Phi) is 9.47. The molecule has 210 valence electrons. The van der Waals surface area contributed by atoms with Gasteiger partial charge in [0.25, 0.3) is 0 Å². The number of alkyl halides is 3. The fraction of sp³-hybridized carbons (Fsp3) is 0.360. The highest BCUT2D eigenvalue weighted by atomic mass is 35.5. The first kappa shape index (κ1) is 30.2. The predicted octanol–water partition coefficient (Wildman–Crippen LogP) is 5.30. The summed E-state index contributed by atoms with van der Waals surface area (Å²) in [5, 5.41) is 13.5. The number of nitrogens with two attached hydrogens (primary N) is 2. The number of nitrogen functional groups attached to an aromatic ring is 1. The van der Waals surface area contributed by atoms with Crippen molar-refractivity contribution in [2.24, 2.45) is 11.7 Å². The summed E-state index contributed by atoms with van der Waals surface area (Å²) in [5.41, 5.74) is 13.1. The smallest absolute Gasteiger partial charge is 0.429 e. The van der Waals surface area contributed by atoms with Gasteiger partial charge in [-0.3, -0.25) is 4.79 Å². The minimum absolute atomic E-state index is 0. The average molecular weight is 587 g/mol. The van der Waals surface area contributed by atoms with Crippen molar-refractivity contribution in [2.75, 3.05) is 5.73 Å². The molecule has 5 N–H and O–H groups in total. The van der Waals surface area contributed by atoms with Crippen LogP contribution in [0.25, 0.3) is 11.3 Å². The number of carbonyl (C=O) groups is 1. The summed E-state index contributed by atoms with van der Waals surface area (Å²) < 4.78 is 49.7. The Balaban J connectivity index is 0.00000420. The zero-order chi connectivity index (χ0) is 27.6. The Labute approximate surface area is 233 Å². The average Bonchev–Trinajstić information content (AvgIpc) is 3.28. The van der Waals surface area contributed by atoms with E-state index in [-0.39, 0.29) is 46.4 Å². The summed E-state index contributed by atoms with van der Waals surface area (Å²) in [6, 6.07) is 5.99. The van der Waals surface area contributed by atoms with E-state index in [0.29, 0.717) is 37.1 Å². The van der Waals surface area contributed by atoms with Crippen LogP contribution in [0.5, 0.6) is 5.88 Å². The molecule has 0 fully saturated rings. The van der Waals surface area contributed by atoms with Crippen molar-refractivity contribution in [3.8, 4) is 11.6 Å². The quantitative estimate of drug-likeness (QED) is 0.323. The van der Waals surface area contributed by atoms with Gasteiger partial charge in [0, 0.05) is 22.8 Å². The lowest BCUT2D eigenvalue weighted by molar-refractivity contribution is -0.198. The van der Waals surface area contributed by atoms with Gasteiger partial charge in [-0.05, 0) is 62.3 Å². The molecular weight excluding hydrogens is 560 g/mol. The Morgan fingerprint density at radius 3 is 2.62 bits per heavy atom. The molecule has 0 bridgehead atoms. The van der Waals surface area contributed by atoms with E-state index in [1.165, 1.54) is 35.1 Å². The number of benzene rings is 1. The number of rotatable bonds is 8. The van der Waals surface area contributed by atoms with E-state index in [1.54, 1.807) is 13.0 Å².